The van der Waals surface area contributed by atoms with Crippen molar-refractivity contribution in [3.05, 3.63) is 66.0 Å². The number of aliphatic imine (C=N–C) groups is 1. The first-order valence-electron chi connectivity index (χ1n) is 11.4. The number of para-hydroxylation sites is 1. The molecule has 5 nitrogen and oxygen atoms in total. The normalized spacial score (nSPS) is 21.2. The van der Waals surface area contributed by atoms with E-state index in [2.05, 4.69) is 52.8 Å². The van der Waals surface area contributed by atoms with Gasteiger partial charge in [-0.1, -0.05) is 30.3 Å². The Labute approximate surface area is 184 Å². The molecule has 2 aliphatic rings. The van der Waals surface area contributed by atoms with Crippen molar-refractivity contribution >= 4 is 11.6 Å². The van der Waals surface area contributed by atoms with Crippen molar-refractivity contribution in [1.29, 1.82) is 0 Å². The number of ether oxygens (including phenoxy) is 1. The lowest BCUT2D eigenvalue weighted by Gasteiger charge is -2.36. The molecule has 2 aromatic carbocycles. The molecule has 166 valence electrons. The molecule has 0 saturated carbocycles. The second-order valence-electron chi connectivity index (χ2n) is 8.51. The van der Waals surface area contributed by atoms with Crippen LogP contribution in [0.25, 0.3) is 0 Å². The lowest BCUT2D eigenvalue weighted by Crippen LogP contribution is -2.46. The number of guanidine groups is 1. The first kappa shape index (κ1) is 21.6. The van der Waals surface area contributed by atoms with Gasteiger partial charge in [0, 0.05) is 50.0 Å². The van der Waals surface area contributed by atoms with E-state index in [0.717, 1.165) is 50.4 Å². The van der Waals surface area contributed by atoms with Gasteiger partial charge in [0.15, 0.2) is 5.96 Å². The molecular formula is C25H33FN4O. The Hall–Kier alpha value is -2.60. The van der Waals surface area contributed by atoms with Crippen LogP contribution in [-0.4, -0.2) is 51.4 Å². The predicted octanol–water partition coefficient (Wildman–Crippen LogP) is 3.71. The summed E-state index contributed by atoms with van der Waals surface area (Å²) in [6.45, 7) is 6.86. The first-order valence-corrected chi connectivity index (χ1v) is 11.4. The minimum Gasteiger partial charge on any atom is -0.381 e. The Kier molecular flexibility index (Phi) is 7.07. The summed E-state index contributed by atoms with van der Waals surface area (Å²) in [7, 11) is 0. The number of nitrogens with zero attached hydrogens (tertiary/aromatic N) is 2. The zero-order valence-corrected chi connectivity index (χ0v) is 18.3. The molecule has 0 aromatic heterocycles. The number of rotatable bonds is 6. The highest BCUT2D eigenvalue weighted by molar-refractivity contribution is 5.80. The Morgan fingerprint density at radius 1 is 1.16 bits per heavy atom. The maximum atomic E-state index is 14.0. The van der Waals surface area contributed by atoms with E-state index >= 15 is 0 Å². The van der Waals surface area contributed by atoms with Crippen molar-refractivity contribution in [3.8, 4) is 0 Å². The van der Waals surface area contributed by atoms with Crippen LogP contribution >= 0.6 is 0 Å². The second-order valence-corrected chi connectivity index (χ2v) is 8.51. The van der Waals surface area contributed by atoms with Gasteiger partial charge in [0.1, 0.15) is 5.82 Å². The summed E-state index contributed by atoms with van der Waals surface area (Å²) in [5.74, 6) is 0.647. The van der Waals surface area contributed by atoms with E-state index in [9.17, 15) is 4.39 Å². The van der Waals surface area contributed by atoms with E-state index in [1.54, 1.807) is 12.1 Å². The lowest BCUT2D eigenvalue weighted by molar-refractivity contribution is 0.0530. The van der Waals surface area contributed by atoms with E-state index in [4.69, 9.17) is 9.73 Å². The minimum atomic E-state index is -0.190. The fourth-order valence-electron chi connectivity index (χ4n) is 4.61. The molecule has 2 N–H and O–H groups in total. The average molecular weight is 425 g/mol. The molecule has 2 heterocycles. The monoisotopic (exact) mass is 424 g/mol. The Morgan fingerprint density at radius 2 is 1.97 bits per heavy atom. The van der Waals surface area contributed by atoms with Gasteiger partial charge in [0.05, 0.1) is 6.54 Å². The van der Waals surface area contributed by atoms with Gasteiger partial charge in [-0.05, 0) is 56.0 Å². The van der Waals surface area contributed by atoms with Gasteiger partial charge in [0.25, 0.3) is 0 Å². The highest BCUT2D eigenvalue weighted by Crippen LogP contribution is 2.35. The molecule has 0 amide bonds. The third kappa shape index (κ3) is 5.37. The van der Waals surface area contributed by atoms with Crippen LogP contribution in [-0.2, 0) is 10.2 Å². The molecule has 0 aliphatic carbocycles. The molecule has 6 heteroatoms. The molecule has 0 bridgehead atoms. The second kappa shape index (κ2) is 10.1. The molecule has 4 rings (SSSR count). The predicted molar refractivity (Wildman–Crippen MR) is 124 cm³/mol. The standard InChI is InChI=1S/C25H33FN4O/c1-2-27-24(29-22-11-14-30(18-22)23-9-4-3-5-10-23)28-19-25(12-15-31-16-13-25)20-7-6-8-21(26)17-20/h3-10,17,22H,2,11-16,18-19H2,1H3,(H2,27,28,29). The van der Waals surface area contributed by atoms with Crippen molar-refractivity contribution in [3.63, 3.8) is 0 Å². The summed E-state index contributed by atoms with van der Waals surface area (Å²) in [4.78, 5) is 7.39. The SMILES string of the molecule is CCNC(=NCC1(c2cccc(F)c2)CCOCC1)NC1CCN(c2ccccc2)C1. The number of halogens is 1. The maximum absolute atomic E-state index is 14.0. The van der Waals surface area contributed by atoms with Crippen LogP contribution in [0.2, 0.25) is 0 Å². The van der Waals surface area contributed by atoms with Crippen LogP contribution in [0.3, 0.4) is 0 Å². The summed E-state index contributed by atoms with van der Waals surface area (Å²) in [5.41, 5.74) is 2.10. The van der Waals surface area contributed by atoms with E-state index in [-0.39, 0.29) is 11.2 Å². The fraction of sp³-hybridized carbons (Fsp3) is 0.480. The Balaban J connectivity index is 1.46. The molecule has 1 unspecified atom stereocenters. The summed E-state index contributed by atoms with van der Waals surface area (Å²) in [6.07, 6.45) is 2.78. The van der Waals surface area contributed by atoms with Gasteiger partial charge in [-0.2, -0.15) is 0 Å². The van der Waals surface area contributed by atoms with Crippen LogP contribution < -0.4 is 15.5 Å². The molecule has 2 aromatic rings. The zero-order valence-electron chi connectivity index (χ0n) is 18.3. The number of hydrogen-bond donors (Lipinski definition) is 2. The average Bonchev–Trinajstić information content (AvgIpc) is 3.27. The van der Waals surface area contributed by atoms with Gasteiger partial charge in [-0.25, -0.2) is 4.39 Å². The molecule has 1 atom stereocenters. The summed E-state index contributed by atoms with van der Waals surface area (Å²) in [6, 6.07) is 17.9. The quantitative estimate of drug-likeness (QED) is 0.548. The van der Waals surface area contributed by atoms with Crippen LogP contribution in [0.4, 0.5) is 10.1 Å². The van der Waals surface area contributed by atoms with Gasteiger partial charge < -0.3 is 20.3 Å². The van der Waals surface area contributed by atoms with Crippen molar-refractivity contribution in [1.82, 2.24) is 10.6 Å². The molecule has 2 aliphatic heterocycles. The number of anilines is 1. The fourth-order valence-corrected chi connectivity index (χ4v) is 4.61. The molecule has 2 saturated heterocycles. The minimum absolute atomic E-state index is 0.186. The number of benzene rings is 2. The van der Waals surface area contributed by atoms with Crippen LogP contribution in [0.1, 0.15) is 31.7 Å². The highest BCUT2D eigenvalue weighted by Gasteiger charge is 2.35. The molecule has 2 fully saturated rings. The number of nitrogens with one attached hydrogen (secondary N) is 2. The first-order chi connectivity index (χ1) is 15.2. The van der Waals surface area contributed by atoms with Gasteiger partial charge in [-0.3, -0.25) is 4.99 Å². The van der Waals surface area contributed by atoms with E-state index < -0.39 is 0 Å². The van der Waals surface area contributed by atoms with Gasteiger partial charge >= 0.3 is 0 Å². The smallest absolute Gasteiger partial charge is 0.191 e. The van der Waals surface area contributed by atoms with Crippen molar-refractivity contribution in [2.45, 2.75) is 37.6 Å². The third-order valence-electron chi connectivity index (χ3n) is 6.42. The number of hydrogen-bond acceptors (Lipinski definition) is 3. The summed E-state index contributed by atoms with van der Waals surface area (Å²) in [5, 5.41) is 7.03. The van der Waals surface area contributed by atoms with Crippen molar-refractivity contribution in [2.24, 2.45) is 4.99 Å². The highest BCUT2D eigenvalue weighted by atomic mass is 19.1. The van der Waals surface area contributed by atoms with Crippen molar-refractivity contribution < 1.29 is 9.13 Å². The Morgan fingerprint density at radius 3 is 2.71 bits per heavy atom. The summed E-state index contributed by atoms with van der Waals surface area (Å²) < 4.78 is 19.6. The molecule has 0 radical (unpaired) electrons. The summed E-state index contributed by atoms with van der Waals surface area (Å²) >= 11 is 0. The van der Waals surface area contributed by atoms with Crippen LogP contribution in [0.15, 0.2) is 59.6 Å². The van der Waals surface area contributed by atoms with Gasteiger partial charge in [-0.15, -0.1) is 0 Å². The van der Waals surface area contributed by atoms with E-state index in [1.165, 1.54) is 11.8 Å². The van der Waals surface area contributed by atoms with E-state index in [1.807, 2.05) is 6.07 Å². The molecule has 31 heavy (non-hydrogen) atoms. The van der Waals surface area contributed by atoms with Crippen LogP contribution in [0.5, 0.6) is 0 Å². The Bertz CT molecular complexity index is 867. The van der Waals surface area contributed by atoms with Gasteiger partial charge in [0.2, 0.25) is 0 Å². The zero-order chi connectivity index (χ0) is 21.5. The maximum Gasteiger partial charge on any atom is 0.191 e. The van der Waals surface area contributed by atoms with Crippen LogP contribution in [0, 0.1) is 5.82 Å². The third-order valence-corrected chi connectivity index (χ3v) is 6.42. The largest absolute Gasteiger partial charge is 0.381 e. The molecule has 0 spiro atoms. The molecular weight excluding hydrogens is 391 g/mol. The lowest BCUT2D eigenvalue weighted by atomic mass is 9.74. The topological polar surface area (TPSA) is 48.9 Å². The van der Waals surface area contributed by atoms with E-state index in [0.29, 0.717) is 25.8 Å². The van der Waals surface area contributed by atoms with Crippen molar-refractivity contribution in [2.75, 3.05) is 44.3 Å².